The highest BCUT2D eigenvalue weighted by Crippen LogP contribution is 2.37. The molecule has 5 nitrogen and oxygen atoms in total. The van der Waals surface area contributed by atoms with Crippen LogP contribution in [0.15, 0.2) is 18.2 Å². The molecule has 9 heteroatoms. The number of carboxylic acid groups (broad SMARTS) is 1. The average molecular weight is 404 g/mol. The Hall–Kier alpha value is -2.22. The van der Waals surface area contributed by atoms with Gasteiger partial charge in [0.05, 0.1) is 5.69 Å². The van der Waals surface area contributed by atoms with E-state index in [0.717, 1.165) is 12.5 Å². The summed E-state index contributed by atoms with van der Waals surface area (Å²) in [5.74, 6) is -1.27. The molecule has 0 bridgehead atoms. The summed E-state index contributed by atoms with van der Waals surface area (Å²) >= 11 is 6.27. The van der Waals surface area contributed by atoms with Crippen molar-refractivity contribution in [2.75, 3.05) is 5.32 Å². The van der Waals surface area contributed by atoms with Gasteiger partial charge >= 0.3 is 12.1 Å². The first kappa shape index (κ1) is 21.1. The van der Waals surface area contributed by atoms with E-state index in [0.29, 0.717) is 23.5 Å². The molecule has 0 spiro atoms. The number of aryl methyl sites for hydroxylation is 1. The van der Waals surface area contributed by atoms with Gasteiger partial charge in [-0.2, -0.15) is 18.3 Å². The number of rotatable bonds is 6. The highest BCUT2D eigenvalue weighted by molar-refractivity contribution is 6.35. The molecule has 0 aliphatic heterocycles. The second-order valence-electron chi connectivity index (χ2n) is 6.50. The van der Waals surface area contributed by atoms with Gasteiger partial charge in [0.2, 0.25) is 0 Å². The van der Waals surface area contributed by atoms with Crippen LogP contribution in [0.5, 0.6) is 0 Å². The number of halogens is 4. The third-order valence-electron chi connectivity index (χ3n) is 4.20. The Morgan fingerprint density at radius 2 is 1.96 bits per heavy atom. The number of anilines is 1. The van der Waals surface area contributed by atoms with E-state index in [1.165, 1.54) is 10.7 Å². The Kier molecular flexibility index (Phi) is 6.09. The topological polar surface area (TPSA) is 67.2 Å². The number of aromatic nitrogens is 2. The molecule has 1 aromatic carbocycles. The van der Waals surface area contributed by atoms with Crippen molar-refractivity contribution in [1.29, 1.82) is 0 Å². The third-order valence-corrected chi connectivity index (χ3v) is 4.56. The first-order chi connectivity index (χ1) is 12.5. The molecule has 0 saturated carbocycles. The molecule has 0 radical (unpaired) electrons. The molecule has 0 aliphatic carbocycles. The van der Waals surface area contributed by atoms with E-state index >= 15 is 0 Å². The Morgan fingerprint density at radius 3 is 2.44 bits per heavy atom. The summed E-state index contributed by atoms with van der Waals surface area (Å²) < 4.78 is 39.9. The van der Waals surface area contributed by atoms with Gasteiger partial charge in [-0.05, 0) is 37.5 Å². The van der Waals surface area contributed by atoms with Crippen molar-refractivity contribution in [3.05, 3.63) is 34.5 Å². The van der Waals surface area contributed by atoms with E-state index in [4.69, 9.17) is 11.6 Å². The Balaban J connectivity index is 2.57. The van der Waals surface area contributed by atoms with Crippen LogP contribution < -0.4 is 5.32 Å². The maximum Gasteiger partial charge on any atom is 0.408 e. The fraction of sp³-hybridized carbons (Fsp3) is 0.444. The molecular weight excluding hydrogens is 383 g/mol. The van der Waals surface area contributed by atoms with Crippen molar-refractivity contribution in [3.8, 4) is 11.3 Å². The van der Waals surface area contributed by atoms with E-state index in [1.54, 1.807) is 19.1 Å². The van der Waals surface area contributed by atoms with Gasteiger partial charge in [0.1, 0.15) is 11.1 Å². The van der Waals surface area contributed by atoms with E-state index in [9.17, 15) is 23.1 Å². The molecule has 0 saturated heterocycles. The van der Waals surface area contributed by atoms with Crippen LogP contribution in [0.3, 0.4) is 0 Å². The number of benzene rings is 1. The number of hydrogen-bond acceptors (Lipinski definition) is 3. The molecule has 148 valence electrons. The predicted molar refractivity (Wildman–Crippen MR) is 98.5 cm³/mol. The molecule has 0 amide bonds. The number of hydrogen-bond donors (Lipinski definition) is 2. The van der Waals surface area contributed by atoms with Crippen molar-refractivity contribution < 1.29 is 23.1 Å². The summed E-state index contributed by atoms with van der Waals surface area (Å²) in [5.41, 5.74) is 1.89. The molecule has 0 unspecified atom stereocenters. The Morgan fingerprint density at radius 1 is 1.33 bits per heavy atom. The van der Waals surface area contributed by atoms with Crippen molar-refractivity contribution in [2.45, 2.75) is 52.4 Å². The number of carboxylic acids is 1. The maximum atomic E-state index is 12.8. The summed E-state index contributed by atoms with van der Waals surface area (Å²) in [6.45, 7) is 7.04. The van der Waals surface area contributed by atoms with Crippen LogP contribution in [0, 0.1) is 0 Å². The lowest BCUT2D eigenvalue weighted by molar-refractivity contribution is -0.138. The average Bonchev–Trinajstić information content (AvgIpc) is 2.90. The van der Waals surface area contributed by atoms with Gasteiger partial charge in [0.15, 0.2) is 5.69 Å². The molecule has 27 heavy (non-hydrogen) atoms. The minimum atomic E-state index is -4.36. The number of nitrogens with one attached hydrogen (secondary N) is 1. The molecule has 1 heterocycles. The molecular formula is C18H21ClF3N3O2. The highest BCUT2D eigenvalue weighted by atomic mass is 35.5. The minimum Gasteiger partial charge on any atom is -0.476 e. The molecule has 2 N–H and O–H groups in total. The van der Waals surface area contributed by atoms with Crippen LogP contribution in [0.2, 0.25) is 5.02 Å². The zero-order valence-electron chi connectivity index (χ0n) is 15.4. The number of carbonyl (C=O) groups is 1. The van der Waals surface area contributed by atoms with E-state index in [1.807, 2.05) is 13.8 Å². The normalized spacial score (nSPS) is 13.1. The fourth-order valence-corrected chi connectivity index (χ4v) is 3.06. The molecule has 0 aliphatic rings. The quantitative estimate of drug-likeness (QED) is 0.677. The smallest absolute Gasteiger partial charge is 0.408 e. The number of nitrogens with zero attached hydrogens (tertiary/aromatic N) is 2. The lowest BCUT2D eigenvalue weighted by Crippen LogP contribution is -2.33. The Labute approximate surface area is 160 Å². The standard InChI is InChI=1S/C18H21ClF3N3O2/c1-5-25-16(14(19)15(24-25)17(26)27)12-7-6-11(8-13(12)9(2)3)23-10(4)18(20,21)22/h6-10,23H,5H2,1-4H3,(H,26,27)/t10-/m1/s1. The van der Waals surface area contributed by atoms with Crippen molar-refractivity contribution in [3.63, 3.8) is 0 Å². The van der Waals surface area contributed by atoms with Crippen molar-refractivity contribution >= 4 is 23.3 Å². The fourth-order valence-electron chi connectivity index (χ4n) is 2.74. The van der Waals surface area contributed by atoms with Crippen molar-refractivity contribution in [2.24, 2.45) is 0 Å². The van der Waals surface area contributed by atoms with Gasteiger partial charge in [0.25, 0.3) is 0 Å². The van der Waals surface area contributed by atoms with E-state index in [2.05, 4.69) is 10.4 Å². The summed E-state index contributed by atoms with van der Waals surface area (Å²) in [5, 5.41) is 15.8. The van der Waals surface area contributed by atoms with Crippen LogP contribution in [0.25, 0.3) is 11.3 Å². The molecule has 2 aromatic rings. The van der Waals surface area contributed by atoms with Crippen LogP contribution in [0.1, 0.15) is 49.7 Å². The summed E-state index contributed by atoms with van der Waals surface area (Å²) in [6.07, 6.45) is -4.36. The summed E-state index contributed by atoms with van der Waals surface area (Å²) in [6, 6.07) is 3.09. The zero-order valence-corrected chi connectivity index (χ0v) is 16.1. The van der Waals surface area contributed by atoms with Gasteiger partial charge in [-0.15, -0.1) is 0 Å². The van der Waals surface area contributed by atoms with Crippen LogP contribution in [-0.2, 0) is 6.54 Å². The van der Waals surface area contributed by atoms with Crippen LogP contribution >= 0.6 is 11.6 Å². The number of alkyl halides is 3. The molecule has 0 fully saturated rings. The molecule has 1 aromatic heterocycles. The van der Waals surface area contributed by atoms with E-state index in [-0.39, 0.29) is 16.6 Å². The second kappa shape index (κ2) is 7.80. The summed E-state index contributed by atoms with van der Waals surface area (Å²) in [4.78, 5) is 11.3. The second-order valence-corrected chi connectivity index (χ2v) is 6.87. The van der Waals surface area contributed by atoms with E-state index < -0.39 is 18.2 Å². The number of aromatic carboxylic acids is 1. The van der Waals surface area contributed by atoms with Gasteiger partial charge in [0, 0.05) is 17.8 Å². The molecule has 1 atom stereocenters. The van der Waals surface area contributed by atoms with Gasteiger partial charge in [-0.3, -0.25) is 4.68 Å². The highest BCUT2D eigenvalue weighted by Gasteiger charge is 2.36. The van der Waals surface area contributed by atoms with Gasteiger partial charge < -0.3 is 10.4 Å². The first-order valence-corrected chi connectivity index (χ1v) is 8.82. The lowest BCUT2D eigenvalue weighted by Gasteiger charge is -2.21. The van der Waals surface area contributed by atoms with Crippen LogP contribution in [-0.4, -0.2) is 33.1 Å². The largest absolute Gasteiger partial charge is 0.476 e. The predicted octanol–water partition coefficient (Wildman–Crippen LogP) is 5.41. The Bertz CT molecular complexity index is 847. The monoisotopic (exact) mass is 403 g/mol. The van der Waals surface area contributed by atoms with Gasteiger partial charge in [-0.1, -0.05) is 31.5 Å². The van der Waals surface area contributed by atoms with Crippen molar-refractivity contribution in [1.82, 2.24) is 9.78 Å². The first-order valence-electron chi connectivity index (χ1n) is 8.44. The zero-order chi connectivity index (χ0) is 20.5. The van der Waals surface area contributed by atoms with Crippen LogP contribution in [0.4, 0.5) is 18.9 Å². The molecule has 2 rings (SSSR count). The minimum absolute atomic E-state index is 0.00983. The van der Waals surface area contributed by atoms with Gasteiger partial charge in [-0.25, -0.2) is 4.79 Å². The summed E-state index contributed by atoms with van der Waals surface area (Å²) in [7, 11) is 0. The SMILES string of the molecule is CCn1nc(C(=O)O)c(Cl)c1-c1ccc(N[C@H](C)C(F)(F)F)cc1C(C)C. The maximum absolute atomic E-state index is 12.8. The third kappa shape index (κ3) is 4.37. The lowest BCUT2D eigenvalue weighted by atomic mass is 9.94.